The van der Waals surface area contributed by atoms with E-state index in [1.54, 1.807) is 0 Å². The van der Waals surface area contributed by atoms with Gasteiger partial charge >= 0.3 is 0 Å². The highest BCUT2D eigenvalue weighted by Gasteiger charge is 2.18. The Hall–Kier alpha value is -1.99. The molecule has 1 atom stereocenters. The Morgan fingerprint density at radius 2 is 2.36 bits per heavy atom. The van der Waals surface area contributed by atoms with E-state index in [2.05, 4.69) is 22.1 Å². The molecule has 1 aromatic carbocycles. The summed E-state index contributed by atoms with van der Waals surface area (Å²) in [7, 11) is 1.45. The predicted octanol–water partition coefficient (Wildman–Crippen LogP) is 3.78. The van der Waals surface area contributed by atoms with Gasteiger partial charge in [0, 0.05) is 18.5 Å². The molecule has 1 unspecified atom stereocenters. The zero-order chi connectivity index (χ0) is 17.8. The quantitative estimate of drug-likeness (QED) is 0.878. The van der Waals surface area contributed by atoms with Crippen molar-refractivity contribution in [3.05, 3.63) is 40.7 Å². The number of carbonyl (C=O) groups is 1. The zero-order valence-electron chi connectivity index (χ0n) is 14.4. The van der Waals surface area contributed by atoms with Crippen molar-refractivity contribution in [3.63, 3.8) is 0 Å². The summed E-state index contributed by atoms with van der Waals surface area (Å²) in [6, 6.07) is 3.86. The maximum absolute atomic E-state index is 13.4. The molecule has 0 radical (unpaired) electrons. The van der Waals surface area contributed by atoms with E-state index < -0.39 is 11.7 Å². The van der Waals surface area contributed by atoms with Crippen LogP contribution in [0.2, 0.25) is 0 Å². The van der Waals surface area contributed by atoms with Gasteiger partial charge in [-0.1, -0.05) is 6.92 Å². The molecule has 1 saturated heterocycles. The Kier molecular flexibility index (Phi) is 5.65. The standard InChI is InChI=1S/C18H22FN3O2S/c1-12-4-3-7-22(9-12)10-14-11-25-18(20-14)21-17(23)15-8-13(19)5-6-16(15)24-2/h5-6,8,11-12H,3-4,7,9-10H2,1-2H3,(H,20,21,23). The summed E-state index contributed by atoms with van der Waals surface area (Å²) in [5.74, 6) is 0.138. The summed E-state index contributed by atoms with van der Waals surface area (Å²) in [5, 5.41) is 5.20. The number of nitrogens with zero attached hydrogens (tertiary/aromatic N) is 2. The second-order valence-electron chi connectivity index (χ2n) is 6.43. The number of amides is 1. The summed E-state index contributed by atoms with van der Waals surface area (Å²) in [5.41, 5.74) is 1.10. The van der Waals surface area contributed by atoms with Gasteiger partial charge in [0.1, 0.15) is 11.6 Å². The SMILES string of the molecule is COc1ccc(F)cc1C(=O)Nc1nc(CN2CCCC(C)C2)cs1. The van der Waals surface area contributed by atoms with Crippen molar-refractivity contribution in [1.82, 2.24) is 9.88 Å². The number of hydrogen-bond acceptors (Lipinski definition) is 5. The molecule has 2 heterocycles. The number of halogens is 1. The van der Waals surface area contributed by atoms with E-state index in [1.807, 2.05) is 5.38 Å². The lowest BCUT2D eigenvalue weighted by molar-refractivity contribution is 0.102. The minimum Gasteiger partial charge on any atom is -0.496 e. The Balaban J connectivity index is 1.65. The van der Waals surface area contributed by atoms with Crippen molar-refractivity contribution in [1.29, 1.82) is 0 Å². The Morgan fingerprint density at radius 1 is 1.52 bits per heavy atom. The molecule has 3 rings (SSSR count). The van der Waals surface area contributed by atoms with Crippen LogP contribution >= 0.6 is 11.3 Å². The van der Waals surface area contributed by atoms with Crippen LogP contribution in [0.4, 0.5) is 9.52 Å². The van der Waals surface area contributed by atoms with Gasteiger partial charge in [0.15, 0.2) is 5.13 Å². The molecule has 2 aromatic rings. The van der Waals surface area contributed by atoms with E-state index in [-0.39, 0.29) is 5.56 Å². The minimum absolute atomic E-state index is 0.157. The molecular formula is C18H22FN3O2S. The fourth-order valence-corrected chi connectivity index (χ4v) is 3.82. The van der Waals surface area contributed by atoms with Crippen LogP contribution in [0.15, 0.2) is 23.6 Å². The molecule has 25 heavy (non-hydrogen) atoms. The molecule has 134 valence electrons. The van der Waals surface area contributed by atoms with Gasteiger partial charge in [-0.2, -0.15) is 0 Å². The number of hydrogen-bond donors (Lipinski definition) is 1. The van der Waals surface area contributed by atoms with Crippen LogP contribution in [0, 0.1) is 11.7 Å². The monoisotopic (exact) mass is 363 g/mol. The highest BCUT2D eigenvalue weighted by atomic mass is 32.1. The van der Waals surface area contributed by atoms with Crippen molar-refractivity contribution < 1.29 is 13.9 Å². The largest absolute Gasteiger partial charge is 0.496 e. The number of nitrogens with one attached hydrogen (secondary N) is 1. The lowest BCUT2D eigenvalue weighted by Crippen LogP contribution is -2.33. The molecule has 0 aliphatic carbocycles. The molecular weight excluding hydrogens is 341 g/mol. The molecule has 0 saturated carbocycles. The molecule has 1 aliphatic heterocycles. The Morgan fingerprint density at radius 3 is 3.12 bits per heavy atom. The number of benzene rings is 1. The number of likely N-dealkylation sites (tertiary alicyclic amines) is 1. The van der Waals surface area contributed by atoms with E-state index in [4.69, 9.17) is 4.74 Å². The first-order valence-corrected chi connectivity index (χ1v) is 9.24. The number of thiazole rings is 1. The van der Waals surface area contributed by atoms with Gasteiger partial charge in [-0.15, -0.1) is 11.3 Å². The van der Waals surface area contributed by atoms with Crippen LogP contribution < -0.4 is 10.1 Å². The highest BCUT2D eigenvalue weighted by Crippen LogP contribution is 2.24. The third-order valence-corrected chi connectivity index (χ3v) is 5.11. The van der Waals surface area contributed by atoms with Gasteiger partial charge in [-0.25, -0.2) is 9.37 Å². The van der Waals surface area contributed by atoms with Crippen molar-refractivity contribution in [2.45, 2.75) is 26.3 Å². The Bertz CT molecular complexity index is 750. The van der Waals surface area contributed by atoms with Crippen molar-refractivity contribution >= 4 is 22.4 Å². The summed E-state index contributed by atoms with van der Waals surface area (Å²) in [6.07, 6.45) is 2.50. The topological polar surface area (TPSA) is 54.5 Å². The normalized spacial score (nSPS) is 18.1. The van der Waals surface area contributed by atoms with Crippen LogP contribution in [-0.4, -0.2) is 36.0 Å². The van der Waals surface area contributed by atoms with Gasteiger partial charge in [-0.3, -0.25) is 15.0 Å². The third kappa shape index (κ3) is 4.55. The molecule has 1 fully saturated rings. The van der Waals surface area contributed by atoms with Gasteiger partial charge in [0.2, 0.25) is 0 Å². The van der Waals surface area contributed by atoms with Crippen LogP contribution in [0.25, 0.3) is 0 Å². The molecule has 0 bridgehead atoms. The van der Waals surface area contributed by atoms with Crippen LogP contribution in [0.1, 0.15) is 35.8 Å². The van der Waals surface area contributed by atoms with Crippen molar-refractivity contribution in [2.75, 3.05) is 25.5 Å². The number of methoxy groups -OCH3 is 1. The number of anilines is 1. The number of aromatic nitrogens is 1. The molecule has 1 N–H and O–H groups in total. The predicted molar refractivity (Wildman–Crippen MR) is 96.7 cm³/mol. The first kappa shape index (κ1) is 17.8. The molecule has 1 amide bonds. The minimum atomic E-state index is -0.481. The van der Waals surface area contributed by atoms with Crippen molar-refractivity contribution in [2.24, 2.45) is 5.92 Å². The first-order chi connectivity index (χ1) is 12.0. The van der Waals surface area contributed by atoms with Gasteiger partial charge < -0.3 is 4.74 Å². The van der Waals surface area contributed by atoms with E-state index >= 15 is 0 Å². The first-order valence-electron chi connectivity index (χ1n) is 8.37. The summed E-state index contributed by atoms with van der Waals surface area (Å²) in [4.78, 5) is 19.3. The number of piperidine rings is 1. The number of carbonyl (C=O) groups excluding carboxylic acids is 1. The average molecular weight is 363 g/mol. The third-order valence-electron chi connectivity index (χ3n) is 4.31. The smallest absolute Gasteiger partial charge is 0.261 e. The molecule has 1 aliphatic rings. The summed E-state index contributed by atoms with van der Waals surface area (Å²) >= 11 is 1.38. The summed E-state index contributed by atoms with van der Waals surface area (Å²) in [6.45, 7) is 5.23. The fraction of sp³-hybridized carbons (Fsp3) is 0.444. The molecule has 7 heteroatoms. The van der Waals surface area contributed by atoms with Gasteiger partial charge in [0.25, 0.3) is 5.91 Å². The second-order valence-corrected chi connectivity index (χ2v) is 7.28. The Labute approximate surface area is 150 Å². The van der Waals surface area contributed by atoms with Crippen LogP contribution in [-0.2, 0) is 6.54 Å². The molecule has 1 aromatic heterocycles. The van der Waals surface area contributed by atoms with E-state index in [9.17, 15) is 9.18 Å². The van der Waals surface area contributed by atoms with E-state index in [1.165, 1.54) is 43.4 Å². The second kappa shape index (κ2) is 7.93. The lowest BCUT2D eigenvalue weighted by Gasteiger charge is -2.30. The van der Waals surface area contributed by atoms with Gasteiger partial charge in [0.05, 0.1) is 18.4 Å². The average Bonchev–Trinajstić information content (AvgIpc) is 3.01. The highest BCUT2D eigenvalue weighted by molar-refractivity contribution is 7.14. The fourth-order valence-electron chi connectivity index (χ4n) is 3.12. The molecule has 5 nitrogen and oxygen atoms in total. The maximum Gasteiger partial charge on any atom is 0.261 e. The lowest BCUT2D eigenvalue weighted by atomic mass is 10.0. The van der Waals surface area contributed by atoms with E-state index in [0.717, 1.165) is 31.4 Å². The van der Waals surface area contributed by atoms with Crippen molar-refractivity contribution in [3.8, 4) is 5.75 Å². The van der Waals surface area contributed by atoms with Crippen LogP contribution in [0.5, 0.6) is 5.75 Å². The van der Waals surface area contributed by atoms with E-state index in [0.29, 0.717) is 16.8 Å². The maximum atomic E-state index is 13.4. The summed E-state index contributed by atoms with van der Waals surface area (Å²) < 4.78 is 18.5. The van der Waals surface area contributed by atoms with Gasteiger partial charge in [-0.05, 0) is 43.5 Å². The van der Waals surface area contributed by atoms with Crippen LogP contribution in [0.3, 0.4) is 0 Å². The molecule has 0 spiro atoms. The number of rotatable bonds is 5. The zero-order valence-corrected chi connectivity index (χ0v) is 15.2. The number of ether oxygens (including phenoxy) is 1.